The van der Waals surface area contributed by atoms with E-state index in [9.17, 15) is 0 Å². The number of hydrogen-bond donors (Lipinski definition) is 1. The predicted molar refractivity (Wildman–Crippen MR) is 60.9 cm³/mol. The summed E-state index contributed by atoms with van der Waals surface area (Å²) < 4.78 is 10.7. The molecule has 0 aromatic heterocycles. The van der Waals surface area contributed by atoms with Gasteiger partial charge >= 0.3 is 0 Å². The number of rotatable bonds is 5. The van der Waals surface area contributed by atoms with E-state index in [1.807, 2.05) is 38.1 Å². The molecule has 1 aromatic carbocycles. The molecule has 1 unspecified atom stereocenters. The Morgan fingerprint density at radius 2 is 2.07 bits per heavy atom. The molecule has 1 rings (SSSR count). The van der Waals surface area contributed by atoms with Gasteiger partial charge in [0, 0.05) is 13.2 Å². The molecule has 0 fully saturated rings. The van der Waals surface area contributed by atoms with Crippen LogP contribution in [0.15, 0.2) is 24.3 Å². The highest BCUT2D eigenvalue weighted by Gasteiger charge is 2.08. The average Bonchev–Trinajstić information content (AvgIpc) is 2.18. The molecule has 0 amide bonds. The third kappa shape index (κ3) is 3.90. The molecule has 3 heteroatoms. The molecule has 2 N–H and O–H groups in total. The summed E-state index contributed by atoms with van der Waals surface area (Å²) >= 11 is 0. The van der Waals surface area contributed by atoms with Crippen molar-refractivity contribution in [2.75, 3.05) is 7.11 Å². The Morgan fingerprint density at radius 3 is 2.67 bits per heavy atom. The van der Waals surface area contributed by atoms with Crippen LogP contribution in [0, 0.1) is 0 Å². The smallest absolute Gasteiger partial charge is 0.120 e. The Balaban J connectivity index is 2.64. The molecule has 0 spiro atoms. The molecular weight excluding hydrogens is 190 g/mol. The Kier molecular flexibility index (Phi) is 4.59. The fraction of sp³-hybridized carbons (Fsp3) is 0.500. The van der Waals surface area contributed by atoms with Crippen LogP contribution < -0.4 is 10.5 Å². The van der Waals surface area contributed by atoms with E-state index in [0.29, 0.717) is 6.61 Å². The van der Waals surface area contributed by atoms with Gasteiger partial charge in [0.15, 0.2) is 0 Å². The molecule has 0 radical (unpaired) electrons. The highest BCUT2D eigenvalue weighted by atomic mass is 16.5. The summed E-state index contributed by atoms with van der Waals surface area (Å²) in [5, 5.41) is 0. The molecule has 0 saturated carbocycles. The van der Waals surface area contributed by atoms with Crippen LogP contribution >= 0.6 is 0 Å². The van der Waals surface area contributed by atoms with Gasteiger partial charge in [-0.15, -0.1) is 0 Å². The lowest BCUT2D eigenvalue weighted by Crippen LogP contribution is -2.33. The second kappa shape index (κ2) is 5.73. The molecule has 0 saturated heterocycles. The Morgan fingerprint density at radius 1 is 1.33 bits per heavy atom. The van der Waals surface area contributed by atoms with Gasteiger partial charge in [-0.1, -0.05) is 12.1 Å². The molecule has 3 nitrogen and oxygen atoms in total. The summed E-state index contributed by atoms with van der Waals surface area (Å²) in [5.41, 5.74) is 6.83. The van der Waals surface area contributed by atoms with Crippen LogP contribution in [0.3, 0.4) is 0 Å². The molecule has 2 atom stereocenters. The fourth-order valence-electron chi connectivity index (χ4n) is 1.20. The van der Waals surface area contributed by atoms with E-state index >= 15 is 0 Å². The highest BCUT2D eigenvalue weighted by molar-refractivity contribution is 5.28. The van der Waals surface area contributed by atoms with Gasteiger partial charge in [0.1, 0.15) is 11.9 Å². The van der Waals surface area contributed by atoms with Crippen molar-refractivity contribution in [1.29, 1.82) is 0 Å². The number of methoxy groups -OCH3 is 1. The van der Waals surface area contributed by atoms with Crippen molar-refractivity contribution in [2.45, 2.75) is 32.6 Å². The fourth-order valence-corrected chi connectivity index (χ4v) is 1.20. The van der Waals surface area contributed by atoms with E-state index in [0.717, 1.165) is 11.3 Å². The summed E-state index contributed by atoms with van der Waals surface area (Å²) in [6, 6.07) is 7.89. The summed E-state index contributed by atoms with van der Waals surface area (Å²) in [6.45, 7) is 4.50. The third-order valence-corrected chi connectivity index (χ3v) is 2.27. The summed E-state index contributed by atoms with van der Waals surface area (Å²) in [4.78, 5) is 0. The normalized spacial score (nSPS) is 14.7. The van der Waals surface area contributed by atoms with E-state index in [1.54, 1.807) is 7.11 Å². The third-order valence-electron chi connectivity index (χ3n) is 2.27. The van der Waals surface area contributed by atoms with Gasteiger partial charge in [0.05, 0.1) is 6.61 Å². The molecule has 15 heavy (non-hydrogen) atoms. The minimum Gasteiger partial charge on any atom is -0.489 e. The zero-order valence-corrected chi connectivity index (χ0v) is 9.57. The first-order chi connectivity index (χ1) is 7.13. The van der Waals surface area contributed by atoms with Gasteiger partial charge in [-0.05, 0) is 31.5 Å². The Hall–Kier alpha value is -1.06. The highest BCUT2D eigenvalue weighted by Crippen LogP contribution is 2.16. The Labute approximate surface area is 91.2 Å². The maximum atomic E-state index is 5.73. The summed E-state index contributed by atoms with van der Waals surface area (Å²) in [6.07, 6.45) is 0.0165. The van der Waals surface area contributed by atoms with Crippen molar-refractivity contribution < 1.29 is 9.47 Å². The molecular formula is C12H19NO2. The second-order valence-electron chi connectivity index (χ2n) is 3.76. The van der Waals surface area contributed by atoms with Crippen molar-refractivity contribution in [3.63, 3.8) is 0 Å². The number of ether oxygens (including phenoxy) is 2. The number of nitrogens with two attached hydrogens (primary N) is 1. The maximum Gasteiger partial charge on any atom is 0.120 e. The molecule has 0 bridgehead atoms. The maximum absolute atomic E-state index is 5.73. The summed E-state index contributed by atoms with van der Waals surface area (Å²) in [5.74, 6) is 0.842. The molecule has 0 aliphatic rings. The van der Waals surface area contributed by atoms with Crippen LogP contribution in [0.2, 0.25) is 0 Å². The molecule has 0 aliphatic heterocycles. The van der Waals surface area contributed by atoms with Crippen LogP contribution in [0.1, 0.15) is 19.4 Å². The van der Waals surface area contributed by atoms with E-state index in [-0.39, 0.29) is 12.1 Å². The van der Waals surface area contributed by atoms with Gasteiger partial charge in [0.25, 0.3) is 0 Å². The lowest BCUT2D eigenvalue weighted by molar-refractivity contribution is 0.181. The van der Waals surface area contributed by atoms with Crippen LogP contribution in [0.4, 0.5) is 0 Å². The molecule has 84 valence electrons. The van der Waals surface area contributed by atoms with Crippen LogP contribution in [0.25, 0.3) is 0 Å². The van der Waals surface area contributed by atoms with Crippen molar-refractivity contribution in [2.24, 2.45) is 5.73 Å². The lowest BCUT2D eigenvalue weighted by Gasteiger charge is -2.18. The minimum absolute atomic E-state index is 0.0165. The average molecular weight is 209 g/mol. The van der Waals surface area contributed by atoms with Crippen molar-refractivity contribution in [1.82, 2.24) is 0 Å². The standard InChI is InChI=1S/C12H19NO2/c1-9(13)10(2)15-12-6-4-5-11(7-12)8-14-3/h4-7,9-10H,8,13H2,1-3H3/t9-,10?/m1/s1. The van der Waals surface area contributed by atoms with Gasteiger partial charge in [-0.3, -0.25) is 0 Å². The van der Waals surface area contributed by atoms with E-state index in [1.165, 1.54) is 0 Å². The molecule has 0 aliphatic carbocycles. The van der Waals surface area contributed by atoms with Crippen molar-refractivity contribution in [3.8, 4) is 5.75 Å². The zero-order chi connectivity index (χ0) is 11.3. The van der Waals surface area contributed by atoms with E-state index in [2.05, 4.69) is 0 Å². The van der Waals surface area contributed by atoms with Crippen molar-refractivity contribution >= 4 is 0 Å². The van der Waals surface area contributed by atoms with Crippen LogP contribution in [0.5, 0.6) is 5.75 Å². The monoisotopic (exact) mass is 209 g/mol. The topological polar surface area (TPSA) is 44.5 Å². The van der Waals surface area contributed by atoms with Crippen LogP contribution in [-0.2, 0) is 11.3 Å². The van der Waals surface area contributed by atoms with Gasteiger partial charge in [-0.2, -0.15) is 0 Å². The van der Waals surface area contributed by atoms with Crippen LogP contribution in [-0.4, -0.2) is 19.3 Å². The van der Waals surface area contributed by atoms with Gasteiger partial charge in [-0.25, -0.2) is 0 Å². The first-order valence-electron chi connectivity index (χ1n) is 5.13. The Bertz CT molecular complexity index is 299. The number of hydrogen-bond acceptors (Lipinski definition) is 3. The lowest BCUT2D eigenvalue weighted by atomic mass is 10.2. The first-order valence-corrected chi connectivity index (χ1v) is 5.13. The van der Waals surface area contributed by atoms with Gasteiger partial charge in [0.2, 0.25) is 0 Å². The summed E-state index contributed by atoms with van der Waals surface area (Å²) in [7, 11) is 1.68. The second-order valence-corrected chi connectivity index (χ2v) is 3.76. The molecule has 0 heterocycles. The number of benzene rings is 1. The van der Waals surface area contributed by atoms with Gasteiger partial charge < -0.3 is 15.2 Å². The SMILES string of the molecule is COCc1cccc(OC(C)[C@@H](C)N)c1. The first kappa shape index (κ1) is 12.0. The largest absolute Gasteiger partial charge is 0.489 e. The van der Waals surface area contributed by atoms with Crippen molar-refractivity contribution in [3.05, 3.63) is 29.8 Å². The minimum atomic E-state index is 0.0165. The predicted octanol–water partition coefficient (Wildman–Crippen LogP) is 1.95. The van der Waals surface area contributed by atoms with E-state index in [4.69, 9.17) is 15.2 Å². The molecule has 1 aromatic rings. The zero-order valence-electron chi connectivity index (χ0n) is 9.57. The quantitative estimate of drug-likeness (QED) is 0.806. The van der Waals surface area contributed by atoms with E-state index < -0.39 is 0 Å².